The molecule has 1 aromatic rings. The molecule has 1 aromatic carbocycles. The summed E-state index contributed by atoms with van der Waals surface area (Å²) in [4.78, 5) is 10.2. The minimum atomic E-state index is -1.73. The highest BCUT2D eigenvalue weighted by Gasteiger charge is 2.20. The lowest BCUT2D eigenvalue weighted by molar-refractivity contribution is -0.139. The van der Waals surface area contributed by atoms with Gasteiger partial charge in [-0.3, -0.25) is 4.79 Å². The summed E-state index contributed by atoms with van der Waals surface area (Å²) in [6, 6.07) is 1.43. The first-order valence-electron chi connectivity index (χ1n) is 3.96. The summed E-state index contributed by atoms with van der Waals surface area (Å²) in [5.41, 5.74) is -0.573. The predicted molar refractivity (Wildman–Crippen MR) is 43.5 cm³/mol. The van der Waals surface area contributed by atoms with Crippen LogP contribution in [0.1, 0.15) is 18.1 Å². The minimum Gasteiger partial charge on any atom is -0.481 e. The number of aliphatic hydroxyl groups excluding tert-OH is 1. The van der Waals surface area contributed by atoms with E-state index in [-0.39, 0.29) is 0 Å². The van der Waals surface area contributed by atoms with Crippen LogP contribution in [0.2, 0.25) is 0 Å². The van der Waals surface area contributed by atoms with Crippen LogP contribution in [0.5, 0.6) is 0 Å². The molecule has 2 N–H and O–H groups in total. The van der Waals surface area contributed by atoms with E-state index in [1.54, 1.807) is 0 Å². The molecule has 0 fully saturated rings. The highest BCUT2D eigenvalue weighted by molar-refractivity contribution is 5.67. The normalized spacial score (nSPS) is 12.5. The van der Waals surface area contributed by atoms with Gasteiger partial charge in [-0.2, -0.15) is 0 Å². The van der Waals surface area contributed by atoms with Gasteiger partial charge in [-0.05, 0) is 6.07 Å². The van der Waals surface area contributed by atoms with Crippen LogP contribution in [0.4, 0.5) is 13.2 Å². The third kappa shape index (κ3) is 2.47. The fourth-order valence-corrected chi connectivity index (χ4v) is 1.07. The smallest absolute Gasteiger partial charge is 0.306 e. The first-order chi connectivity index (χ1) is 6.93. The van der Waals surface area contributed by atoms with Gasteiger partial charge >= 0.3 is 5.97 Å². The Hall–Kier alpha value is -1.56. The number of aliphatic hydroxyl groups is 1. The van der Waals surface area contributed by atoms with Crippen molar-refractivity contribution in [3.8, 4) is 0 Å². The van der Waals surface area contributed by atoms with Gasteiger partial charge in [0.2, 0.25) is 0 Å². The number of carbonyl (C=O) groups is 1. The van der Waals surface area contributed by atoms with Crippen molar-refractivity contribution in [3.05, 3.63) is 35.1 Å². The molecule has 6 heteroatoms. The summed E-state index contributed by atoms with van der Waals surface area (Å²) < 4.78 is 38.1. The van der Waals surface area contributed by atoms with Crippen molar-refractivity contribution in [2.45, 2.75) is 12.5 Å². The molecule has 0 amide bonds. The highest BCUT2D eigenvalue weighted by atomic mass is 19.2. The van der Waals surface area contributed by atoms with Crippen molar-refractivity contribution in [2.24, 2.45) is 0 Å². The van der Waals surface area contributed by atoms with E-state index in [9.17, 15) is 23.1 Å². The third-order valence-electron chi connectivity index (χ3n) is 1.79. The molecule has 1 rings (SSSR count). The van der Waals surface area contributed by atoms with Crippen LogP contribution in [0.25, 0.3) is 0 Å². The average Bonchev–Trinajstić information content (AvgIpc) is 2.13. The molecule has 0 aliphatic rings. The maximum Gasteiger partial charge on any atom is 0.306 e. The lowest BCUT2D eigenvalue weighted by atomic mass is 10.1. The molecule has 0 bridgehead atoms. The topological polar surface area (TPSA) is 57.5 Å². The van der Waals surface area contributed by atoms with Gasteiger partial charge in [0.15, 0.2) is 17.5 Å². The Morgan fingerprint density at radius 1 is 1.27 bits per heavy atom. The minimum absolute atomic E-state index is 0.573. The van der Waals surface area contributed by atoms with Crippen LogP contribution in [-0.4, -0.2) is 16.2 Å². The molecule has 1 unspecified atom stereocenters. The molecule has 82 valence electrons. The van der Waals surface area contributed by atoms with Crippen molar-refractivity contribution in [2.75, 3.05) is 0 Å². The largest absolute Gasteiger partial charge is 0.481 e. The Morgan fingerprint density at radius 3 is 2.40 bits per heavy atom. The summed E-state index contributed by atoms with van der Waals surface area (Å²) in [6.07, 6.45) is -2.47. The van der Waals surface area contributed by atoms with E-state index < -0.39 is 41.5 Å². The Balaban J connectivity index is 3.05. The molecule has 0 heterocycles. The standard InChI is InChI=1S/C9H7F3O3/c10-5-2-1-4(8(11)9(5)12)6(13)3-7(14)15/h1-2,6,13H,3H2,(H,14,15). The number of aliphatic carboxylic acids is 1. The molecule has 0 saturated heterocycles. The average molecular weight is 220 g/mol. The predicted octanol–water partition coefficient (Wildman–Crippen LogP) is 1.61. The van der Waals surface area contributed by atoms with Gasteiger partial charge in [0.1, 0.15) is 0 Å². The maximum absolute atomic E-state index is 13.0. The van der Waals surface area contributed by atoms with E-state index in [4.69, 9.17) is 5.11 Å². The molecular weight excluding hydrogens is 213 g/mol. The quantitative estimate of drug-likeness (QED) is 0.761. The second kappa shape index (κ2) is 4.31. The van der Waals surface area contributed by atoms with E-state index in [1.165, 1.54) is 0 Å². The van der Waals surface area contributed by atoms with E-state index in [2.05, 4.69) is 0 Å². The van der Waals surface area contributed by atoms with Gasteiger partial charge in [0, 0.05) is 5.56 Å². The fraction of sp³-hybridized carbons (Fsp3) is 0.222. The molecule has 15 heavy (non-hydrogen) atoms. The molecular formula is C9H7F3O3. The van der Waals surface area contributed by atoms with E-state index in [0.29, 0.717) is 6.07 Å². The Morgan fingerprint density at radius 2 is 1.87 bits per heavy atom. The zero-order valence-corrected chi connectivity index (χ0v) is 7.38. The van der Waals surface area contributed by atoms with Gasteiger partial charge in [-0.15, -0.1) is 0 Å². The number of rotatable bonds is 3. The van der Waals surface area contributed by atoms with Crippen molar-refractivity contribution in [1.82, 2.24) is 0 Å². The zero-order valence-electron chi connectivity index (χ0n) is 7.38. The molecule has 0 saturated carbocycles. The second-order valence-electron chi connectivity index (χ2n) is 2.88. The number of benzene rings is 1. The Bertz CT molecular complexity index is 392. The number of hydrogen-bond donors (Lipinski definition) is 2. The van der Waals surface area contributed by atoms with Crippen LogP contribution < -0.4 is 0 Å². The molecule has 1 atom stereocenters. The van der Waals surface area contributed by atoms with Gasteiger partial charge in [-0.1, -0.05) is 6.07 Å². The summed E-state index contributed by atoms with van der Waals surface area (Å²) in [5, 5.41) is 17.5. The van der Waals surface area contributed by atoms with Crippen LogP contribution in [0, 0.1) is 17.5 Å². The van der Waals surface area contributed by atoms with Crippen LogP contribution in [0.15, 0.2) is 12.1 Å². The van der Waals surface area contributed by atoms with E-state index >= 15 is 0 Å². The van der Waals surface area contributed by atoms with Gasteiger partial charge in [0.05, 0.1) is 12.5 Å². The lowest BCUT2D eigenvalue weighted by Crippen LogP contribution is -2.09. The number of carboxylic acids is 1. The first-order valence-corrected chi connectivity index (χ1v) is 3.96. The van der Waals surface area contributed by atoms with E-state index in [0.717, 1.165) is 6.07 Å². The van der Waals surface area contributed by atoms with Crippen molar-refractivity contribution in [3.63, 3.8) is 0 Å². The Labute approximate surface area is 82.8 Å². The van der Waals surface area contributed by atoms with Crippen LogP contribution in [-0.2, 0) is 4.79 Å². The number of hydrogen-bond acceptors (Lipinski definition) is 2. The van der Waals surface area contributed by atoms with Crippen molar-refractivity contribution >= 4 is 5.97 Å². The molecule has 0 radical (unpaired) electrons. The second-order valence-corrected chi connectivity index (χ2v) is 2.88. The fourth-order valence-electron chi connectivity index (χ4n) is 1.07. The molecule has 0 aliphatic carbocycles. The lowest BCUT2D eigenvalue weighted by Gasteiger charge is -2.09. The van der Waals surface area contributed by atoms with Gasteiger partial charge < -0.3 is 10.2 Å². The Kier molecular flexibility index (Phi) is 3.31. The SMILES string of the molecule is O=C(O)CC(O)c1ccc(F)c(F)c1F. The maximum atomic E-state index is 13.0. The zero-order chi connectivity index (χ0) is 11.6. The summed E-state index contributed by atoms with van der Waals surface area (Å²) >= 11 is 0. The summed E-state index contributed by atoms with van der Waals surface area (Å²) in [6.45, 7) is 0. The highest BCUT2D eigenvalue weighted by Crippen LogP contribution is 2.23. The van der Waals surface area contributed by atoms with Gasteiger partial charge in [0.25, 0.3) is 0 Å². The molecule has 3 nitrogen and oxygen atoms in total. The monoisotopic (exact) mass is 220 g/mol. The third-order valence-corrected chi connectivity index (χ3v) is 1.79. The van der Waals surface area contributed by atoms with Crippen LogP contribution >= 0.6 is 0 Å². The molecule has 0 aromatic heterocycles. The van der Waals surface area contributed by atoms with Gasteiger partial charge in [-0.25, -0.2) is 13.2 Å². The van der Waals surface area contributed by atoms with Crippen LogP contribution in [0.3, 0.4) is 0 Å². The summed E-state index contributed by atoms with van der Waals surface area (Å²) in [5.74, 6) is -6.05. The van der Waals surface area contributed by atoms with E-state index in [1.807, 2.05) is 0 Å². The number of carboxylic acid groups (broad SMARTS) is 1. The first kappa shape index (κ1) is 11.5. The summed E-state index contributed by atoms with van der Waals surface area (Å²) in [7, 11) is 0. The van der Waals surface area contributed by atoms with Crippen molar-refractivity contribution in [1.29, 1.82) is 0 Å². The van der Waals surface area contributed by atoms with Crippen molar-refractivity contribution < 1.29 is 28.2 Å². The molecule has 0 spiro atoms. The number of halogens is 3. The molecule has 0 aliphatic heterocycles.